The van der Waals surface area contributed by atoms with Crippen LogP contribution >= 0.6 is 11.6 Å². The zero-order valence-electron chi connectivity index (χ0n) is 8.74. The predicted octanol–water partition coefficient (Wildman–Crippen LogP) is 1.32. The second kappa shape index (κ2) is 4.46. The van der Waals surface area contributed by atoms with E-state index in [1.54, 1.807) is 0 Å². The summed E-state index contributed by atoms with van der Waals surface area (Å²) in [6, 6.07) is 4.09. The van der Waals surface area contributed by atoms with Gasteiger partial charge in [0, 0.05) is 5.02 Å². The molecule has 2 aromatic rings. The normalized spacial score (nSPS) is 10.3. The Morgan fingerprint density at radius 3 is 2.50 bits per heavy atom. The van der Waals surface area contributed by atoms with Gasteiger partial charge in [-0.15, -0.1) is 5.10 Å². The SMILES string of the molecule is O=C(O)c1cn(-c2cc(Cl)ccc2C(=O)O)nn1. The lowest BCUT2D eigenvalue weighted by Gasteiger charge is -2.05. The predicted molar refractivity (Wildman–Crippen MR) is 60.3 cm³/mol. The number of aromatic nitrogens is 3. The van der Waals surface area contributed by atoms with Gasteiger partial charge in [0.25, 0.3) is 0 Å². The molecule has 0 atom stereocenters. The molecule has 0 bridgehead atoms. The van der Waals surface area contributed by atoms with Crippen molar-refractivity contribution in [3.05, 3.63) is 40.7 Å². The number of hydrogen-bond donors (Lipinski definition) is 2. The number of carboxylic acid groups (broad SMARTS) is 2. The molecule has 92 valence electrons. The van der Waals surface area contributed by atoms with E-state index in [0.717, 1.165) is 10.9 Å². The van der Waals surface area contributed by atoms with Crippen LogP contribution in [0.4, 0.5) is 0 Å². The average molecular weight is 268 g/mol. The summed E-state index contributed by atoms with van der Waals surface area (Å²) in [5, 5.41) is 25.0. The third kappa shape index (κ3) is 2.16. The molecule has 0 aliphatic heterocycles. The quantitative estimate of drug-likeness (QED) is 0.869. The van der Waals surface area contributed by atoms with Gasteiger partial charge in [0.15, 0.2) is 5.69 Å². The summed E-state index contributed by atoms with van der Waals surface area (Å²) in [5.74, 6) is -2.42. The topological polar surface area (TPSA) is 105 Å². The number of carboxylic acids is 2. The fourth-order valence-electron chi connectivity index (χ4n) is 1.35. The highest BCUT2D eigenvalue weighted by molar-refractivity contribution is 6.30. The zero-order valence-corrected chi connectivity index (χ0v) is 9.50. The number of rotatable bonds is 3. The highest BCUT2D eigenvalue weighted by Crippen LogP contribution is 2.19. The summed E-state index contributed by atoms with van der Waals surface area (Å²) in [6.45, 7) is 0. The minimum Gasteiger partial charge on any atom is -0.478 e. The molecule has 0 unspecified atom stereocenters. The van der Waals surface area contributed by atoms with Gasteiger partial charge in [-0.25, -0.2) is 14.3 Å². The summed E-state index contributed by atoms with van der Waals surface area (Å²) in [4.78, 5) is 21.7. The van der Waals surface area contributed by atoms with Crippen LogP contribution in [-0.4, -0.2) is 37.1 Å². The van der Waals surface area contributed by atoms with Crippen molar-refractivity contribution in [3.8, 4) is 5.69 Å². The Morgan fingerprint density at radius 1 is 1.22 bits per heavy atom. The van der Waals surface area contributed by atoms with Crippen molar-refractivity contribution in [1.29, 1.82) is 0 Å². The first-order valence-electron chi connectivity index (χ1n) is 4.68. The van der Waals surface area contributed by atoms with Crippen LogP contribution in [0.5, 0.6) is 0 Å². The van der Waals surface area contributed by atoms with Gasteiger partial charge < -0.3 is 10.2 Å². The first kappa shape index (κ1) is 12.1. The highest BCUT2D eigenvalue weighted by Gasteiger charge is 2.15. The molecule has 18 heavy (non-hydrogen) atoms. The standard InChI is InChI=1S/C10H6ClN3O4/c11-5-1-2-6(9(15)16)8(3-5)14-4-7(10(17)18)12-13-14/h1-4H,(H,15,16)(H,17,18). The van der Waals surface area contributed by atoms with Gasteiger partial charge in [-0.05, 0) is 18.2 Å². The Hall–Kier alpha value is -2.41. The van der Waals surface area contributed by atoms with Crippen LogP contribution in [0.25, 0.3) is 5.69 Å². The number of halogens is 1. The van der Waals surface area contributed by atoms with E-state index in [0.29, 0.717) is 5.02 Å². The maximum atomic E-state index is 11.0. The second-order valence-corrected chi connectivity index (χ2v) is 3.76. The molecule has 0 amide bonds. The molecule has 0 aliphatic rings. The molecule has 1 heterocycles. The van der Waals surface area contributed by atoms with Crippen molar-refractivity contribution in [2.24, 2.45) is 0 Å². The molecule has 0 fully saturated rings. The van der Waals surface area contributed by atoms with Crippen LogP contribution in [0.1, 0.15) is 20.8 Å². The third-order valence-corrected chi connectivity index (χ3v) is 2.38. The van der Waals surface area contributed by atoms with Gasteiger partial charge in [0.2, 0.25) is 0 Å². The molecule has 0 saturated heterocycles. The molecule has 0 aliphatic carbocycles. The van der Waals surface area contributed by atoms with E-state index in [1.807, 2.05) is 0 Å². The summed E-state index contributed by atoms with van der Waals surface area (Å²) in [5.41, 5.74) is -0.192. The molecule has 8 heteroatoms. The van der Waals surface area contributed by atoms with Crippen LogP contribution in [0, 0.1) is 0 Å². The number of carbonyl (C=O) groups is 2. The Balaban J connectivity index is 2.57. The van der Waals surface area contributed by atoms with Crippen molar-refractivity contribution in [1.82, 2.24) is 15.0 Å². The van der Waals surface area contributed by atoms with E-state index >= 15 is 0 Å². The maximum absolute atomic E-state index is 11.0. The van der Waals surface area contributed by atoms with E-state index in [2.05, 4.69) is 10.3 Å². The smallest absolute Gasteiger partial charge is 0.358 e. The van der Waals surface area contributed by atoms with Crippen molar-refractivity contribution in [3.63, 3.8) is 0 Å². The summed E-state index contributed by atoms with van der Waals surface area (Å²) < 4.78 is 1.05. The third-order valence-electron chi connectivity index (χ3n) is 2.15. The summed E-state index contributed by atoms with van der Waals surface area (Å²) >= 11 is 5.77. The average Bonchev–Trinajstić information content (AvgIpc) is 2.77. The van der Waals surface area contributed by atoms with Crippen LogP contribution in [-0.2, 0) is 0 Å². The lowest BCUT2D eigenvalue weighted by atomic mass is 10.2. The molecular weight excluding hydrogens is 262 g/mol. The van der Waals surface area contributed by atoms with Crippen molar-refractivity contribution in [2.45, 2.75) is 0 Å². The lowest BCUT2D eigenvalue weighted by Crippen LogP contribution is -2.06. The number of nitrogens with zero attached hydrogens (tertiary/aromatic N) is 3. The molecule has 1 aromatic carbocycles. The fraction of sp³-hybridized carbons (Fsp3) is 0. The Bertz CT molecular complexity index is 638. The van der Waals surface area contributed by atoms with E-state index < -0.39 is 11.9 Å². The van der Waals surface area contributed by atoms with E-state index in [1.165, 1.54) is 18.2 Å². The number of aromatic carboxylic acids is 2. The van der Waals surface area contributed by atoms with E-state index in [4.69, 9.17) is 21.8 Å². The largest absolute Gasteiger partial charge is 0.478 e. The van der Waals surface area contributed by atoms with Gasteiger partial charge in [0.1, 0.15) is 0 Å². The Morgan fingerprint density at radius 2 is 1.94 bits per heavy atom. The zero-order chi connectivity index (χ0) is 13.3. The first-order chi connectivity index (χ1) is 8.49. The lowest BCUT2D eigenvalue weighted by molar-refractivity contribution is 0.0683. The van der Waals surface area contributed by atoms with Crippen LogP contribution in [0.2, 0.25) is 5.02 Å². The van der Waals surface area contributed by atoms with E-state index in [9.17, 15) is 9.59 Å². The van der Waals surface area contributed by atoms with Gasteiger partial charge >= 0.3 is 11.9 Å². The van der Waals surface area contributed by atoms with Crippen LogP contribution in [0.3, 0.4) is 0 Å². The maximum Gasteiger partial charge on any atom is 0.358 e. The van der Waals surface area contributed by atoms with Crippen molar-refractivity contribution in [2.75, 3.05) is 0 Å². The van der Waals surface area contributed by atoms with Gasteiger partial charge in [-0.3, -0.25) is 0 Å². The molecular formula is C10H6ClN3O4. The van der Waals surface area contributed by atoms with E-state index in [-0.39, 0.29) is 16.9 Å². The molecule has 2 N–H and O–H groups in total. The molecule has 0 spiro atoms. The minimum atomic E-state index is -1.25. The van der Waals surface area contributed by atoms with Crippen LogP contribution in [0.15, 0.2) is 24.4 Å². The highest BCUT2D eigenvalue weighted by atomic mass is 35.5. The summed E-state index contributed by atoms with van der Waals surface area (Å²) in [7, 11) is 0. The number of hydrogen-bond acceptors (Lipinski definition) is 4. The monoisotopic (exact) mass is 267 g/mol. The summed E-state index contributed by atoms with van der Waals surface area (Å²) in [6.07, 6.45) is 1.11. The fourth-order valence-corrected chi connectivity index (χ4v) is 1.52. The van der Waals surface area contributed by atoms with Gasteiger partial charge in [-0.2, -0.15) is 0 Å². The Kier molecular flexibility index (Phi) is 2.99. The number of benzene rings is 1. The molecule has 0 saturated carbocycles. The molecule has 1 aromatic heterocycles. The second-order valence-electron chi connectivity index (χ2n) is 3.32. The molecule has 7 nitrogen and oxygen atoms in total. The molecule has 0 radical (unpaired) electrons. The first-order valence-corrected chi connectivity index (χ1v) is 5.05. The van der Waals surface area contributed by atoms with Crippen molar-refractivity contribution < 1.29 is 19.8 Å². The van der Waals surface area contributed by atoms with Gasteiger partial charge in [-0.1, -0.05) is 16.8 Å². The minimum absolute atomic E-state index is 0.0544. The Labute approximate surface area is 105 Å². The van der Waals surface area contributed by atoms with Crippen LogP contribution < -0.4 is 0 Å². The molecule has 2 rings (SSSR count). The van der Waals surface area contributed by atoms with Gasteiger partial charge in [0.05, 0.1) is 17.4 Å². The van der Waals surface area contributed by atoms with Crippen molar-refractivity contribution >= 4 is 23.5 Å².